The SMILES string of the molecule is C=NCC1(C)CC(N=C)CC(C)(C)C1. The lowest BCUT2D eigenvalue weighted by molar-refractivity contribution is 0.0920. The molecule has 0 amide bonds. The van der Waals surface area contributed by atoms with E-state index in [1.807, 2.05) is 0 Å². The molecule has 1 saturated carbocycles. The maximum Gasteiger partial charge on any atom is 0.0503 e. The van der Waals surface area contributed by atoms with E-state index in [1.54, 1.807) is 0 Å². The molecule has 2 unspecified atom stereocenters. The zero-order valence-electron chi connectivity index (χ0n) is 9.71. The molecular weight excluding hydrogens is 172 g/mol. The van der Waals surface area contributed by atoms with Gasteiger partial charge in [0.25, 0.3) is 0 Å². The summed E-state index contributed by atoms with van der Waals surface area (Å²) in [6.45, 7) is 15.0. The number of hydrogen-bond acceptors (Lipinski definition) is 2. The van der Waals surface area contributed by atoms with E-state index in [0.29, 0.717) is 11.5 Å². The molecular formula is C12H22N2. The van der Waals surface area contributed by atoms with E-state index in [1.165, 1.54) is 6.42 Å². The number of rotatable bonds is 3. The maximum absolute atomic E-state index is 4.21. The van der Waals surface area contributed by atoms with Crippen LogP contribution in [0.2, 0.25) is 0 Å². The summed E-state index contributed by atoms with van der Waals surface area (Å²) in [5.74, 6) is 0. The average molecular weight is 194 g/mol. The van der Waals surface area contributed by atoms with Crippen LogP contribution >= 0.6 is 0 Å². The fraction of sp³-hybridized carbons (Fsp3) is 0.833. The average Bonchev–Trinajstić information content (AvgIpc) is 2.00. The Labute approximate surface area is 87.5 Å². The highest BCUT2D eigenvalue weighted by Crippen LogP contribution is 2.46. The van der Waals surface area contributed by atoms with Gasteiger partial charge in [0, 0.05) is 6.54 Å². The number of nitrogens with zero attached hydrogens (tertiary/aromatic N) is 2. The van der Waals surface area contributed by atoms with E-state index in [-0.39, 0.29) is 5.41 Å². The van der Waals surface area contributed by atoms with Crippen LogP contribution in [0.5, 0.6) is 0 Å². The molecule has 2 nitrogen and oxygen atoms in total. The smallest absolute Gasteiger partial charge is 0.0503 e. The third-order valence-corrected chi connectivity index (χ3v) is 3.17. The summed E-state index contributed by atoms with van der Waals surface area (Å²) < 4.78 is 0. The summed E-state index contributed by atoms with van der Waals surface area (Å²) in [5.41, 5.74) is 0.638. The van der Waals surface area contributed by atoms with Crippen molar-refractivity contribution in [3.8, 4) is 0 Å². The van der Waals surface area contributed by atoms with Gasteiger partial charge in [-0.25, -0.2) is 0 Å². The summed E-state index contributed by atoms with van der Waals surface area (Å²) in [6, 6.07) is 0.408. The lowest BCUT2D eigenvalue weighted by Gasteiger charge is -2.44. The van der Waals surface area contributed by atoms with Crippen molar-refractivity contribution in [3.05, 3.63) is 0 Å². The summed E-state index contributed by atoms with van der Waals surface area (Å²) in [5, 5.41) is 0. The predicted molar refractivity (Wildman–Crippen MR) is 63.5 cm³/mol. The zero-order chi connectivity index (χ0) is 10.8. The highest BCUT2D eigenvalue weighted by Gasteiger charge is 2.40. The minimum absolute atomic E-state index is 0.273. The Morgan fingerprint density at radius 3 is 2.36 bits per heavy atom. The monoisotopic (exact) mass is 194 g/mol. The lowest BCUT2D eigenvalue weighted by atomic mass is 9.63. The highest BCUT2D eigenvalue weighted by molar-refractivity contribution is 5.25. The molecule has 2 atom stereocenters. The Balaban J connectivity index is 2.78. The standard InChI is InChI=1S/C12H22N2/c1-11(2)6-10(14-5)7-12(3,8-11)9-13-4/h10H,4-9H2,1-3H3. The van der Waals surface area contributed by atoms with Crippen molar-refractivity contribution in [1.82, 2.24) is 0 Å². The molecule has 0 bridgehead atoms. The van der Waals surface area contributed by atoms with E-state index in [2.05, 4.69) is 44.2 Å². The van der Waals surface area contributed by atoms with E-state index in [4.69, 9.17) is 0 Å². The molecule has 1 aliphatic carbocycles. The van der Waals surface area contributed by atoms with Crippen molar-refractivity contribution in [2.24, 2.45) is 20.8 Å². The minimum atomic E-state index is 0.273. The molecule has 0 N–H and O–H groups in total. The van der Waals surface area contributed by atoms with Gasteiger partial charge in [0.2, 0.25) is 0 Å². The first-order valence-electron chi connectivity index (χ1n) is 5.29. The van der Waals surface area contributed by atoms with Gasteiger partial charge in [-0.15, -0.1) is 0 Å². The van der Waals surface area contributed by atoms with Crippen LogP contribution in [0.1, 0.15) is 40.0 Å². The molecule has 1 fully saturated rings. The fourth-order valence-electron chi connectivity index (χ4n) is 3.10. The van der Waals surface area contributed by atoms with E-state index in [9.17, 15) is 0 Å². The van der Waals surface area contributed by atoms with E-state index in [0.717, 1.165) is 19.4 Å². The van der Waals surface area contributed by atoms with Gasteiger partial charge < -0.3 is 4.99 Å². The molecule has 14 heavy (non-hydrogen) atoms. The molecule has 0 spiro atoms. The molecule has 1 rings (SSSR count). The van der Waals surface area contributed by atoms with Crippen molar-refractivity contribution in [1.29, 1.82) is 0 Å². The minimum Gasteiger partial charge on any atom is -0.300 e. The number of hydrogen-bond donors (Lipinski definition) is 0. The van der Waals surface area contributed by atoms with Gasteiger partial charge in [-0.05, 0) is 43.5 Å². The summed E-state index contributed by atoms with van der Waals surface area (Å²) in [4.78, 5) is 8.26. The maximum atomic E-state index is 4.21. The van der Waals surface area contributed by atoms with E-state index >= 15 is 0 Å². The van der Waals surface area contributed by atoms with Gasteiger partial charge in [0.15, 0.2) is 0 Å². The normalized spacial score (nSPS) is 36.4. The summed E-state index contributed by atoms with van der Waals surface area (Å²) in [6.07, 6.45) is 3.48. The van der Waals surface area contributed by atoms with Gasteiger partial charge >= 0.3 is 0 Å². The largest absolute Gasteiger partial charge is 0.300 e. The second-order valence-electron chi connectivity index (χ2n) is 5.78. The first-order chi connectivity index (χ1) is 6.41. The van der Waals surface area contributed by atoms with Gasteiger partial charge in [-0.3, -0.25) is 4.99 Å². The predicted octanol–water partition coefficient (Wildman–Crippen LogP) is 2.97. The molecule has 0 saturated heterocycles. The van der Waals surface area contributed by atoms with Gasteiger partial charge in [-0.2, -0.15) is 0 Å². The Morgan fingerprint density at radius 2 is 1.86 bits per heavy atom. The molecule has 0 aromatic carbocycles. The van der Waals surface area contributed by atoms with Crippen molar-refractivity contribution in [2.75, 3.05) is 6.54 Å². The fourth-order valence-corrected chi connectivity index (χ4v) is 3.10. The first kappa shape index (κ1) is 11.4. The van der Waals surface area contributed by atoms with Crippen LogP contribution in [0.4, 0.5) is 0 Å². The van der Waals surface area contributed by atoms with Crippen LogP contribution in [0.25, 0.3) is 0 Å². The molecule has 1 aliphatic rings. The topological polar surface area (TPSA) is 24.7 Å². The van der Waals surface area contributed by atoms with Crippen LogP contribution in [0.3, 0.4) is 0 Å². The van der Waals surface area contributed by atoms with E-state index < -0.39 is 0 Å². The van der Waals surface area contributed by atoms with Gasteiger partial charge in [0.05, 0.1) is 6.04 Å². The van der Waals surface area contributed by atoms with Crippen molar-refractivity contribution < 1.29 is 0 Å². The third-order valence-electron chi connectivity index (χ3n) is 3.17. The zero-order valence-corrected chi connectivity index (χ0v) is 9.71. The van der Waals surface area contributed by atoms with Gasteiger partial charge in [-0.1, -0.05) is 20.8 Å². The van der Waals surface area contributed by atoms with Crippen LogP contribution in [0.15, 0.2) is 9.98 Å². The third kappa shape index (κ3) is 2.66. The summed E-state index contributed by atoms with van der Waals surface area (Å²) >= 11 is 0. The number of aliphatic imine (C=N–C) groups is 2. The van der Waals surface area contributed by atoms with Gasteiger partial charge in [0.1, 0.15) is 0 Å². The van der Waals surface area contributed by atoms with Crippen LogP contribution < -0.4 is 0 Å². The molecule has 0 heterocycles. The Bertz CT molecular complexity index is 232. The second-order valence-corrected chi connectivity index (χ2v) is 5.78. The molecule has 0 aromatic rings. The van der Waals surface area contributed by atoms with Crippen LogP contribution in [-0.2, 0) is 0 Å². The first-order valence-corrected chi connectivity index (χ1v) is 5.29. The van der Waals surface area contributed by atoms with Crippen molar-refractivity contribution in [3.63, 3.8) is 0 Å². The Kier molecular flexibility index (Phi) is 3.13. The highest BCUT2D eigenvalue weighted by atomic mass is 14.8. The summed E-state index contributed by atoms with van der Waals surface area (Å²) in [7, 11) is 0. The Hall–Kier alpha value is -0.660. The molecule has 0 aliphatic heterocycles. The lowest BCUT2D eigenvalue weighted by Crippen LogP contribution is -2.39. The second kappa shape index (κ2) is 3.84. The van der Waals surface area contributed by atoms with Crippen molar-refractivity contribution >= 4 is 13.4 Å². The van der Waals surface area contributed by atoms with Crippen LogP contribution in [-0.4, -0.2) is 26.0 Å². The molecule has 0 aromatic heterocycles. The quantitative estimate of drug-likeness (QED) is 0.617. The molecule has 80 valence electrons. The molecule has 2 heteroatoms. The van der Waals surface area contributed by atoms with Crippen LogP contribution in [0, 0.1) is 10.8 Å². The molecule has 0 radical (unpaired) electrons. The van der Waals surface area contributed by atoms with Crippen molar-refractivity contribution in [2.45, 2.75) is 46.1 Å². The Morgan fingerprint density at radius 1 is 1.21 bits per heavy atom.